The highest BCUT2D eigenvalue weighted by Gasteiger charge is 2.36. The summed E-state index contributed by atoms with van der Waals surface area (Å²) in [6, 6.07) is 2.17. The van der Waals surface area contributed by atoms with Crippen molar-refractivity contribution in [1.82, 2.24) is 29.4 Å². The molecule has 26 heavy (non-hydrogen) atoms. The van der Waals surface area contributed by atoms with Gasteiger partial charge in [-0.05, 0) is 45.1 Å². The number of amides is 1. The van der Waals surface area contributed by atoms with Gasteiger partial charge in [-0.2, -0.15) is 5.10 Å². The summed E-state index contributed by atoms with van der Waals surface area (Å²) in [5, 5.41) is 13.4. The van der Waals surface area contributed by atoms with Gasteiger partial charge < -0.3 is 9.47 Å². The first kappa shape index (κ1) is 17.2. The van der Waals surface area contributed by atoms with Crippen molar-refractivity contribution in [2.45, 2.75) is 72.0 Å². The number of aryl methyl sites for hydroxylation is 1. The third-order valence-corrected chi connectivity index (χ3v) is 5.25. The van der Waals surface area contributed by atoms with Crippen molar-refractivity contribution in [2.24, 2.45) is 5.92 Å². The lowest BCUT2D eigenvalue weighted by molar-refractivity contribution is 0.0667. The van der Waals surface area contributed by atoms with Crippen LogP contribution >= 0.6 is 0 Å². The van der Waals surface area contributed by atoms with E-state index in [9.17, 15) is 4.79 Å². The van der Waals surface area contributed by atoms with Crippen LogP contribution in [0.5, 0.6) is 0 Å². The van der Waals surface area contributed by atoms with Crippen LogP contribution in [-0.4, -0.2) is 41.9 Å². The summed E-state index contributed by atoms with van der Waals surface area (Å²) in [6.45, 7) is 10.4. The molecule has 1 aliphatic heterocycles. The summed E-state index contributed by atoms with van der Waals surface area (Å²) in [6.07, 6.45) is 3.31. The average Bonchev–Trinajstić information content (AvgIpc) is 3.22. The van der Waals surface area contributed by atoms with Crippen LogP contribution < -0.4 is 0 Å². The van der Waals surface area contributed by atoms with E-state index < -0.39 is 0 Å². The fraction of sp³-hybridized carbons (Fsp3) is 0.684. The fourth-order valence-electron chi connectivity index (χ4n) is 3.90. The van der Waals surface area contributed by atoms with Crippen LogP contribution in [0.15, 0.2) is 6.07 Å². The molecule has 2 aromatic rings. The van der Waals surface area contributed by atoms with Gasteiger partial charge >= 0.3 is 0 Å². The molecule has 0 unspecified atom stereocenters. The summed E-state index contributed by atoms with van der Waals surface area (Å²) >= 11 is 0. The topological polar surface area (TPSA) is 68.8 Å². The standard InChI is InChI=1S/C19H28N6O/c1-5-24-16(9-15(22-24)8-12(2)3)19(26)23-10-13(4)25-17(11-23)20-21-18(25)14-6-7-14/h9,12-14H,5-8,10-11H2,1-4H3/t13-/m0/s1. The largest absolute Gasteiger partial charge is 0.328 e. The zero-order chi connectivity index (χ0) is 18.4. The van der Waals surface area contributed by atoms with E-state index in [-0.39, 0.29) is 11.9 Å². The van der Waals surface area contributed by atoms with Crippen molar-refractivity contribution < 1.29 is 4.79 Å². The highest BCUT2D eigenvalue weighted by molar-refractivity contribution is 5.92. The van der Waals surface area contributed by atoms with Gasteiger partial charge in [-0.3, -0.25) is 9.48 Å². The van der Waals surface area contributed by atoms with Crippen molar-refractivity contribution in [2.75, 3.05) is 6.54 Å². The molecule has 0 saturated heterocycles. The summed E-state index contributed by atoms with van der Waals surface area (Å²) in [5.41, 5.74) is 1.68. The first-order valence-electron chi connectivity index (χ1n) is 9.77. The lowest BCUT2D eigenvalue weighted by atomic mass is 10.1. The minimum atomic E-state index is 0.0448. The molecule has 140 valence electrons. The van der Waals surface area contributed by atoms with Gasteiger partial charge in [-0.1, -0.05) is 13.8 Å². The van der Waals surface area contributed by atoms with Crippen LogP contribution in [-0.2, 0) is 19.5 Å². The van der Waals surface area contributed by atoms with Crippen LogP contribution in [0.2, 0.25) is 0 Å². The molecule has 0 bridgehead atoms. The SMILES string of the molecule is CCn1nc(CC(C)C)cc1C(=O)N1Cc2nnc(C3CC3)n2[C@@H](C)C1. The Balaban J connectivity index is 1.58. The summed E-state index contributed by atoms with van der Waals surface area (Å²) in [4.78, 5) is 15.1. The van der Waals surface area contributed by atoms with E-state index >= 15 is 0 Å². The molecular formula is C19H28N6O. The van der Waals surface area contributed by atoms with Crippen LogP contribution in [0.1, 0.15) is 80.3 Å². The number of hydrogen-bond donors (Lipinski definition) is 0. The maximum atomic E-state index is 13.2. The van der Waals surface area contributed by atoms with Crippen LogP contribution in [0.3, 0.4) is 0 Å². The summed E-state index contributed by atoms with van der Waals surface area (Å²) < 4.78 is 4.09. The van der Waals surface area contributed by atoms with E-state index in [1.165, 1.54) is 12.8 Å². The summed E-state index contributed by atoms with van der Waals surface area (Å²) in [5.74, 6) is 3.15. The predicted molar refractivity (Wildman–Crippen MR) is 97.9 cm³/mol. The highest BCUT2D eigenvalue weighted by Crippen LogP contribution is 2.41. The van der Waals surface area contributed by atoms with E-state index in [1.807, 2.05) is 22.6 Å². The average molecular weight is 356 g/mol. The molecule has 0 spiro atoms. The van der Waals surface area contributed by atoms with Crippen molar-refractivity contribution in [3.8, 4) is 0 Å². The highest BCUT2D eigenvalue weighted by atomic mass is 16.2. The number of fused-ring (bicyclic) bond motifs is 1. The van der Waals surface area contributed by atoms with Gasteiger partial charge in [-0.25, -0.2) is 0 Å². The Morgan fingerprint density at radius 3 is 2.73 bits per heavy atom. The predicted octanol–water partition coefficient (Wildman–Crippen LogP) is 2.79. The first-order valence-corrected chi connectivity index (χ1v) is 9.77. The number of carbonyl (C=O) groups excluding carboxylic acids is 1. The van der Waals surface area contributed by atoms with Crippen molar-refractivity contribution in [3.05, 3.63) is 29.1 Å². The van der Waals surface area contributed by atoms with Gasteiger partial charge in [0.25, 0.3) is 5.91 Å². The maximum Gasteiger partial charge on any atom is 0.272 e. The van der Waals surface area contributed by atoms with Crippen molar-refractivity contribution >= 4 is 5.91 Å². The van der Waals surface area contributed by atoms with E-state index in [0.717, 1.165) is 23.8 Å². The molecule has 4 rings (SSSR count). The molecule has 0 radical (unpaired) electrons. The van der Waals surface area contributed by atoms with E-state index in [0.29, 0.717) is 37.2 Å². The second-order valence-corrected chi connectivity index (χ2v) is 8.09. The van der Waals surface area contributed by atoms with Crippen molar-refractivity contribution in [3.63, 3.8) is 0 Å². The van der Waals surface area contributed by atoms with Crippen LogP contribution in [0.25, 0.3) is 0 Å². The smallest absolute Gasteiger partial charge is 0.272 e. The number of nitrogens with zero attached hydrogens (tertiary/aromatic N) is 6. The molecule has 1 amide bonds. The van der Waals surface area contributed by atoms with Crippen LogP contribution in [0.4, 0.5) is 0 Å². The second kappa shape index (κ2) is 6.52. The quantitative estimate of drug-likeness (QED) is 0.826. The van der Waals surface area contributed by atoms with E-state index in [4.69, 9.17) is 0 Å². The lowest BCUT2D eigenvalue weighted by Crippen LogP contribution is -2.41. The van der Waals surface area contributed by atoms with Gasteiger partial charge in [0.1, 0.15) is 11.5 Å². The molecule has 2 aliphatic rings. The molecule has 1 saturated carbocycles. The monoisotopic (exact) mass is 356 g/mol. The Morgan fingerprint density at radius 1 is 1.31 bits per heavy atom. The first-order chi connectivity index (χ1) is 12.5. The van der Waals surface area contributed by atoms with E-state index in [1.54, 1.807) is 0 Å². The minimum Gasteiger partial charge on any atom is -0.328 e. The molecule has 7 heteroatoms. The summed E-state index contributed by atoms with van der Waals surface area (Å²) in [7, 11) is 0. The normalized spacial score (nSPS) is 19.9. The van der Waals surface area contributed by atoms with Crippen molar-refractivity contribution in [1.29, 1.82) is 0 Å². The Labute approximate surface area is 154 Å². The van der Waals surface area contributed by atoms with E-state index in [2.05, 4.69) is 40.6 Å². The Kier molecular flexibility index (Phi) is 4.32. The lowest BCUT2D eigenvalue weighted by Gasteiger charge is -2.32. The van der Waals surface area contributed by atoms with Gasteiger partial charge in [-0.15, -0.1) is 10.2 Å². The number of hydrogen-bond acceptors (Lipinski definition) is 4. The molecule has 1 fully saturated rings. The van der Waals surface area contributed by atoms with Gasteiger partial charge in [0.2, 0.25) is 0 Å². The minimum absolute atomic E-state index is 0.0448. The number of rotatable bonds is 5. The zero-order valence-corrected chi connectivity index (χ0v) is 16.1. The molecule has 1 atom stereocenters. The zero-order valence-electron chi connectivity index (χ0n) is 16.1. The molecule has 1 aliphatic carbocycles. The second-order valence-electron chi connectivity index (χ2n) is 8.09. The molecule has 7 nitrogen and oxygen atoms in total. The molecule has 2 aromatic heterocycles. The molecule has 0 aromatic carbocycles. The fourth-order valence-corrected chi connectivity index (χ4v) is 3.90. The molecular weight excluding hydrogens is 328 g/mol. The Hall–Kier alpha value is -2.18. The van der Waals surface area contributed by atoms with Gasteiger partial charge in [0.15, 0.2) is 5.82 Å². The maximum absolute atomic E-state index is 13.2. The number of aromatic nitrogens is 5. The third kappa shape index (κ3) is 3.04. The molecule has 3 heterocycles. The Morgan fingerprint density at radius 2 is 2.08 bits per heavy atom. The number of carbonyl (C=O) groups is 1. The molecule has 0 N–H and O–H groups in total. The van der Waals surface area contributed by atoms with Gasteiger partial charge in [0.05, 0.1) is 18.3 Å². The Bertz CT molecular complexity index is 816. The van der Waals surface area contributed by atoms with Gasteiger partial charge in [0, 0.05) is 19.0 Å². The third-order valence-electron chi connectivity index (χ3n) is 5.25. The van der Waals surface area contributed by atoms with Crippen LogP contribution in [0, 0.1) is 5.92 Å².